The lowest BCUT2D eigenvalue weighted by Gasteiger charge is -2.03. The van der Waals surface area contributed by atoms with Crippen molar-refractivity contribution in [1.82, 2.24) is 0 Å². The van der Waals surface area contributed by atoms with Gasteiger partial charge in [-0.3, -0.25) is 0 Å². The van der Waals surface area contributed by atoms with Gasteiger partial charge in [0.05, 0.1) is 22.6 Å². The maximum atomic E-state index is 14.7. The molecule has 2 heterocycles. The Hall–Kier alpha value is -1.82. The Bertz CT molecular complexity index is 879. The van der Waals surface area contributed by atoms with E-state index >= 15 is 0 Å². The first kappa shape index (κ1) is 13.8. The standard InChI is InChI=1S/C17H12F2O2S/c18-13-3-1-2-11-12-6-4-10(5-7-14-20-8-9-21-14)15(19)17(12)22-16(11)13/h1-7,14H,8-9H2/b7-5+. The number of rotatable bonds is 2. The number of ether oxygens (including phenoxy) is 2. The van der Waals surface area contributed by atoms with Gasteiger partial charge in [0.1, 0.15) is 11.6 Å². The minimum Gasteiger partial charge on any atom is -0.347 e. The number of thiophene rings is 1. The fourth-order valence-corrected chi connectivity index (χ4v) is 3.76. The molecule has 0 amide bonds. The number of hydrogen-bond acceptors (Lipinski definition) is 3. The number of hydrogen-bond donors (Lipinski definition) is 0. The first-order valence-electron chi connectivity index (χ1n) is 6.95. The zero-order valence-corrected chi connectivity index (χ0v) is 12.3. The summed E-state index contributed by atoms with van der Waals surface area (Å²) in [7, 11) is 0. The Balaban J connectivity index is 1.83. The predicted molar refractivity (Wildman–Crippen MR) is 84.0 cm³/mol. The van der Waals surface area contributed by atoms with Gasteiger partial charge in [-0.05, 0) is 12.1 Å². The van der Waals surface area contributed by atoms with Gasteiger partial charge >= 0.3 is 0 Å². The van der Waals surface area contributed by atoms with E-state index in [-0.39, 0.29) is 11.6 Å². The van der Waals surface area contributed by atoms with Crippen LogP contribution in [-0.4, -0.2) is 19.5 Å². The van der Waals surface area contributed by atoms with Gasteiger partial charge in [-0.25, -0.2) is 8.78 Å². The van der Waals surface area contributed by atoms with Crippen LogP contribution in [0.15, 0.2) is 36.4 Å². The normalized spacial score (nSPS) is 16.5. The monoisotopic (exact) mass is 318 g/mol. The maximum absolute atomic E-state index is 14.7. The third-order valence-corrected chi connectivity index (χ3v) is 4.89. The van der Waals surface area contributed by atoms with Gasteiger partial charge in [-0.15, -0.1) is 11.3 Å². The van der Waals surface area contributed by atoms with E-state index < -0.39 is 6.29 Å². The van der Waals surface area contributed by atoms with Crippen LogP contribution >= 0.6 is 11.3 Å². The Labute approximate surface area is 129 Å². The minimum absolute atomic E-state index is 0.317. The van der Waals surface area contributed by atoms with Crippen molar-refractivity contribution < 1.29 is 18.3 Å². The summed E-state index contributed by atoms with van der Waals surface area (Å²) >= 11 is 1.14. The highest BCUT2D eigenvalue weighted by Gasteiger charge is 2.15. The van der Waals surface area contributed by atoms with Crippen LogP contribution in [0.5, 0.6) is 0 Å². The molecule has 4 rings (SSSR count). The van der Waals surface area contributed by atoms with E-state index in [2.05, 4.69) is 0 Å². The smallest absolute Gasteiger partial charge is 0.177 e. The van der Waals surface area contributed by atoms with E-state index in [0.717, 1.165) is 22.1 Å². The molecular formula is C17H12F2O2S. The molecule has 1 aliphatic heterocycles. The Morgan fingerprint density at radius 3 is 2.59 bits per heavy atom. The lowest BCUT2D eigenvalue weighted by molar-refractivity contribution is -0.000912. The molecule has 1 aliphatic rings. The molecule has 0 aliphatic carbocycles. The van der Waals surface area contributed by atoms with Crippen LogP contribution in [0.4, 0.5) is 8.78 Å². The summed E-state index contributed by atoms with van der Waals surface area (Å²) in [4.78, 5) is 0. The Morgan fingerprint density at radius 1 is 1.00 bits per heavy atom. The molecule has 112 valence electrons. The fraction of sp³-hybridized carbons (Fsp3) is 0.176. The first-order valence-corrected chi connectivity index (χ1v) is 7.76. The molecule has 0 atom stereocenters. The quantitative estimate of drug-likeness (QED) is 0.681. The number of halogens is 2. The van der Waals surface area contributed by atoms with E-state index in [0.29, 0.717) is 28.2 Å². The van der Waals surface area contributed by atoms with E-state index in [1.165, 1.54) is 6.07 Å². The van der Waals surface area contributed by atoms with Crippen LogP contribution < -0.4 is 0 Å². The molecule has 0 saturated carbocycles. The summed E-state index contributed by atoms with van der Waals surface area (Å²) in [6.45, 7) is 1.10. The molecule has 2 aromatic carbocycles. The molecular weight excluding hydrogens is 306 g/mol. The average molecular weight is 318 g/mol. The van der Waals surface area contributed by atoms with Crippen molar-refractivity contribution in [3.63, 3.8) is 0 Å². The lowest BCUT2D eigenvalue weighted by Crippen LogP contribution is -2.01. The molecule has 0 radical (unpaired) electrons. The van der Waals surface area contributed by atoms with Crippen LogP contribution in [0, 0.1) is 11.6 Å². The summed E-state index contributed by atoms with van der Waals surface area (Å²) in [5.41, 5.74) is 0.443. The molecule has 5 heteroatoms. The second-order valence-corrected chi connectivity index (χ2v) is 6.05. The topological polar surface area (TPSA) is 18.5 Å². The van der Waals surface area contributed by atoms with E-state index in [1.807, 2.05) is 12.1 Å². The Morgan fingerprint density at radius 2 is 1.77 bits per heavy atom. The van der Waals surface area contributed by atoms with Crippen LogP contribution in [0.25, 0.3) is 26.2 Å². The van der Waals surface area contributed by atoms with Crippen LogP contribution in [0.2, 0.25) is 0 Å². The van der Waals surface area contributed by atoms with Crippen LogP contribution in [0.3, 0.4) is 0 Å². The highest BCUT2D eigenvalue weighted by molar-refractivity contribution is 7.25. The molecule has 1 fully saturated rings. The second kappa shape index (κ2) is 5.43. The molecule has 3 aromatic rings. The average Bonchev–Trinajstić information content (AvgIpc) is 3.15. The summed E-state index contributed by atoms with van der Waals surface area (Å²) in [5, 5.41) is 1.49. The van der Waals surface area contributed by atoms with Gasteiger partial charge in [0.25, 0.3) is 0 Å². The maximum Gasteiger partial charge on any atom is 0.177 e. The summed E-state index contributed by atoms with van der Waals surface area (Å²) in [5.74, 6) is -0.657. The highest BCUT2D eigenvalue weighted by atomic mass is 32.1. The van der Waals surface area contributed by atoms with Crippen molar-refractivity contribution in [2.45, 2.75) is 6.29 Å². The van der Waals surface area contributed by atoms with Gasteiger partial charge in [-0.1, -0.05) is 30.3 Å². The second-order valence-electron chi connectivity index (χ2n) is 5.03. The zero-order chi connectivity index (χ0) is 15.1. The highest BCUT2D eigenvalue weighted by Crippen LogP contribution is 2.37. The largest absolute Gasteiger partial charge is 0.347 e. The number of fused-ring (bicyclic) bond motifs is 3. The van der Waals surface area contributed by atoms with Gasteiger partial charge in [0.2, 0.25) is 0 Å². The van der Waals surface area contributed by atoms with Gasteiger partial charge in [0, 0.05) is 16.3 Å². The van der Waals surface area contributed by atoms with Crippen LogP contribution in [-0.2, 0) is 9.47 Å². The number of benzene rings is 2. The molecule has 22 heavy (non-hydrogen) atoms. The van der Waals surface area contributed by atoms with Gasteiger partial charge in [0.15, 0.2) is 6.29 Å². The van der Waals surface area contributed by atoms with Gasteiger partial charge in [-0.2, -0.15) is 0 Å². The molecule has 0 unspecified atom stereocenters. The first-order chi connectivity index (χ1) is 10.7. The lowest BCUT2D eigenvalue weighted by atomic mass is 10.1. The van der Waals surface area contributed by atoms with Crippen molar-refractivity contribution in [2.75, 3.05) is 13.2 Å². The van der Waals surface area contributed by atoms with Crippen LogP contribution in [0.1, 0.15) is 5.56 Å². The molecule has 2 nitrogen and oxygen atoms in total. The van der Waals surface area contributed by atoms with Crippen molar-refractivity contribution >= 4 is 37.6 Å². The van der Waals surface area contributed by atoms with Crippen molar-refractivity contribution in [2.24, 2.45) is 0 Å². The van der Waals surface area contributed by atoms with Crippen molar-refractivity contribution in [3.05, 3.63) is 53.6 Å². The SMILES string of the molecule is Fc1cccc2c1sc1c(F)c(/C=C/C3OCCO3)ccc12. The fourth-order valence-electron chi connectivity index (χ4n) is 2.61. The Kier molecular flexibility index (Phi) is 3.41. The third-order valence-electron chi connectivity index (χ3n) is 3.67. The van der Waals surface area contributed by atoms with Crippen molar-refractivity contribution in [3.8, 4) is 0 Å². The summed E-state index contributed by atoms with van der Waals surface area (Å²) in [6, 6.07) is 8.37. The third kappa shape index (κ3) is 2.22. The predicted octanol–water partition coefficient (Wildman–Crippen LogP) is 4.72. The molecule has 0 bridgehead atoms. The van der Waals surface area contributed by atoms with Gasteiger partial charge < -0.3 is 9.47 Å². The molecule has 0 N–H and O–H groups in total. The van der Waals surface area contributed by atoms with E-state index in [4.69, 9.17) is 9.47 Å². The summed E-state index contributed by atoms with van der Waals surface area (Å²) < 4.78 is 40.0. The molecule has 1 saturated heterocycles. The molecule has 1 aromatic heterocycles. The van der Waals surface area contributed by atoms with Crippen molar-refractivity contribution in [1.29, 1.82) is 0 Å². The summed E-state index contributed by atoms with van der Waals surface area (Å²) in [6.07, 6.45) is 2.91. The zero-order valence-electron chi connectivity index (χ0n) is 11.5. The van der Waals surface area contributed by atoms with E-state index in [1.54, 1.807) is 24.3 Å². The minimum atomic E-state index is -0.421. The van der Waals surface area contributed by atoms with E-state index in [9.17, 15) is 8.78 Å². The molecule has 0 spiro atoms.